The zero-order chi connectivity index (χ0) is 17.0. The fourth-order valence-corrected chi connectivity index (χ4v) is 8.80. The van der Waals surface area contributed by atoms with Crippen molar-refractivity contribution in [2.24, 2.45) is 0 Å². The molecule has 0 saturated heterocycles. The van der Waals surface area contributed by atoms with Crippen LogP contribution in [-0.4, -0.2) is 13.1 Å². The number of nitrogens with zero attached hydrogens (tertiary/aromatic N) is 1. The van der Waals surface area contributed by atoms with Gasteiger partial charge in [0.1, 0.15) is 13.8 Å². The maximum absolute atomic E-state index is 5.83. The zero-order valence-electron chi connectivity index (χ0n) is 15.6. The third-order valence-electron chi connectivity index (χ3n) is 4.76. The van der Waals surface area contributed by atoms with Gasteiger partial charge in [0, 0.05) is 32.7 Å². The molecule has 0 aliphatic heterocycles. The van der Waals surface area contributed by atoms with Gasteiger partial charge >= 0.3 is 0 Å². The molecule has 1 radical (unpaired) electrons. The zero-order valence-corrected chi connectivity index (χ0v) is 19.4. The van der Waals surface area contributed by atoms with Crippen molar-refractivity contribution in [2.45, 2.75) is 58.2 Å². The van der Waals surface area contributed by atoms with Gasteiger partial charge in [-0.15, -0.1) is 5.54 Å². The van der Waals surface area contributed by atoms with Crippen molar-refractivity contribution in [2.75, 3.05) is 0 Å². The first-order valence-corrected chi connectivity index (χ1v) is 10.6. The summed E-state index contributed by atoms with van der Waals surface area (Å²) in [6.07, 6.45) is 1.75. The molecule has 0 fully saturated rings. The van der Waals surface area contributed by atoms with Crippen LogP contribution in [0.3, 0.4) is 0 Å². The normalized spacial score (nSPS) is 11.4. The van der Waals surface area contributed by atoms with E-state index in [9.17, 15) is 0 Å². The Labute approximate surface area is 172 Å². The van der Waals surface area contributed by atoms with Crippen LogP contribution in [0.2, 0.25) is 16.6 Å². The van der Waals surface area contributed by atoms with E-state index in [-0.39, 0.29) is 32.7 Å². The first-order valence-electron chi connectivity index (χ1n) is 8.33. The van der Waals surface area contributed by atoms with Crippen LogP contribution in [0.4, 0.5) is 0 Å². The van der Waals surface area contributed by atoms with Gasteiger partial charge in [-0.3, -0.25) is 0 Å². The van der Waals surface area contributed by atoms with Crippen molar-refractivity contribution in [3.05, 3.63) is 42.4 Å². The summed E-state index contributed by atoms with van der Waals surface area (Å²) in [5.74, 6) is 4.52. The second kappa shape index (κ2) is 9.13. The number of benzene rings is 1. The number of oxazole rings is 1. The van der Waals surface area contributed by atoms with Crippen LogP contribution in [-0.2, 0) is 32.7 Å². The van der Waals surface area contributed by atoms with Crippen LogP contribution < -0.4 is 0 Å². The van der Waals surface area contributed by atoms with E-state index in [0.29, 0.717) is 22.5 Å². The molecule has 2 rings (SSSR count). The summed E-state index contributed by atoms with van der Waals surface area (Å²) in [7, 11) is -1.75. The van der Waals surface area contributed by atoms with Crippen molar-refractivity contribution in [3.63, 3.8) is 0 Å². The molecule has 0 unspecified atom stereocenters. The summed E-state index contributed by atoms with van der Waals surface area (Å²) in [4.78, 5) is 4.35. The molecule has 2 nitrogen and oxygen atoms in total. The van der Waals surface area contributed by atoms with Gasteiger partial charge in [0.2, 0.25) is 0 Å². The Hall–Kier alpha value is -0.689. The van der Waals surface area contributed by atoms with Crippen molar-refractivity contribution in [1.82, 2.24) is 4.98 Å². The molecule has 0 saturated carbocycles. The number of hydrogen-bond donors (Lipinski definition) is 0. The molecule has 0 spiro atoms. The SMILES string of the molecule is CC(C)[Si](C#Cc1ncc(-c2cc[c-]cc2)o1)(C(C)C)C(C)C.[Y]. The van der Waals surface area contributed by atoms with Gasteiger partial charge in [0.25, 0.3) is 5.89 Å². The van der Waals surface area contributed by atoms with Gasteiger partial charge in [-0.25, -0.2) is 4.98 Å². The van der Waals surface area contributed by atoms with Gasteiger partial charge in [0.05, 0.1) is 6.20 Å². The molecule has 2 aromatic rings. The molecule has 0 amide bonds. The minimum absolute atomic E-state index is 0. The summed E-state index contributed by atoms with van der Waals surface area (Å²) >= 11 is 0. The van der Waals surface area contributed by atoms with E-state index in [0.717, 1.165) is 11.3 Å². The van der Waals surface area contributed by atoms with E-state index >= 15 is 0 Å². The Balaban J connectivity index is 0.00000288. The molecule has 24 heavy (non-hydrogen) atoms. The Morgan fingerprint density at radius 3 is 2.04 bits per heavy atom. The largest absolute Gasteiger partial charge is 0.432 e. The Kier molecular flexibility index (Phi) is 8.12. The second-order valence-corrected chi connectivity index (χ2v) is 12.5. The molecular weight excluding hydrogens is 387 g/mol. The summed E-state index contributed by atoms with van der Waals surface area (Å²) in [6, 6.07) is 10.7. The van der Waals surface area contributed by atoms with Crippen molar-refractivity contribution in [3.8, 4) is 22.8 Å². The van der Waals surface area contributed by atoms with E-state index < -0.39 is 8.07 Å². The Morgan fingerprint density at radius 1 is 1.00 bits per heavy atom. The van der Waals surface area contributed by atoms with E-state index in [2.05, 4.69) is 64.1 Å². The number of rotatable bonds is 4. The van der Waals surface area contributed by atoms with Gasteiger partial charge in [-0.05, 0) is 22.5 Å². The summed E-state index contributed by atoms with van der Waals surface area (Å²) in [5.41, 5.74) is 6.46. The van der Waals surface area contributed by atoms with Gasteiger partial charge in [0.15, 0.2) is 0 Å². The first-order chi connectivity index (χ1) is 10.9. The summed E-state index contributed by atoms with van der Waals surface area (Å²) in [5, 5.41) is 0. The van der Waals surface area contributed by atoms with Crippen LogP contribution in [0.5, 0.6) is 0 Å². The quantitative estimate of drug-likeness (QED) is 0.365. The Bertz CT molecular complexity index is 673. The maximum atomic E-state index is 5.83. The molecule has 1 aromatic heterocycles. The van der Waals surface area contributed by atoms with Gasteiger partial charge in [-0.1, -0.05) is 47.1 Å². The van der Waals surface area contributed by atoms with Crippen LogP contribution in [0, 0.1) is 17.5 Å². The molecule has 1 heterocycles. The van der Waals surface area contributed by atoms with Crippen LogP contribution in [0.25, 0.3) is 11.3 Å². The molecule has 0 N–H and O–H groups in total. The van der Waals surface area contributed by atoms with Crippen molar-refractivity contribution in [1.29, 1.82) is 0 Å². The third kappa shape index (κ3) is 4.48. The Morgan fingerprint density at radius 2 is 1.54 bits per heavy atom. The molecule has 125 valence electrons. The number of aromatic nitrogens is 1. The van der Waals surface area contributed by atoms with Gasteiger partial charge in [-0.2, -0.15) is 30.3 Å². The monoisotopic (exact) mass is 413 g/mol. The predicted octanol–water partition coefficient (Wildman–Crippen LogP) is 5.71. The smallest absolute Gasteiger partial charge is 0.273 e. The van der Waals surface area contributed by atoms with Crippen molar-refractivity contribution < 1.29 is 37.1 Å². The minimum Gasteiger partial charge on any atom is -0.432 e. The molecule has 0 atom stereocenters. The minimum atomic E-state index is -1.75. The average Bonchev–Trinajstić information content (AvgIpc) is 2.96. The molecule has 0 aliphatic carbocycles. The van der Waals surface area contributed by atoms with E-state index in [1.165, 1.54) is 0 Å². The first kappa shape index (κ1) is 21.4. The molecule has 0 aliphatic rings. The van der Waals surface area contributed by atoms with Crippen LogP contribution in [0.15, 0.2) is 34.9 Å². The average molecular weight is 413 g/mol. The summed E-state index contributed by atoms with van der Waals surface area (Å²) < 4.78 is 5.83. The third-order valence-corrected chi connectivity index (χ3v) is 11.1. The molecule has 1 aromatic carbocycles. The van der Waals surface area contributed by atoms with Crippen LogP contribution in [0.1, 0.15) is 47.4 Å². The second-order valence-electron chi connectivity index (χ2n) is 6.97. The fourth-order valence-electron chi connectivity index (χ4n) is 3.61. The molecular formula is C20H26NOSiY-. The van der Waals surface area contributed by atoms with E-state index in [1.807, 2.05) is 24.3 Å². The predicted molar refractivity (Wildman–Crippen MR) is 98.7 cm³/mol. The van der Waals surface area contributed by atoms with Crippen LogP contribution >= 0.6 is 0 Å². The number of hydrogen-bond acceptors (Lipinski definition) is 2. The topological polar surface area (TPSA) is 26.0 Å². The van der Waals surface area contributed by atoms with Gasteiger partial charge < -0.3 is 4.42 Å². The standard InChI is InChI=1S/C20H26NOSi.Y/c1-15(2)23(16(3)4,17(5)6)13-12-20-21-14-19(22-20)18-10-8-7-9-11-18;/h8-11,14-17H,1-6H3;/q-1;. The molecule has 4 heteroatoms. The van der Waals surface area contributed by atoms with E-state index in [4.69, 9.17) is 4.42 Å². The maximum Gasteiger partial charge on any atom is 0.273 e. The molecule has 0 bridgehead atoms. The van der Waals surface area contributed by atoms with Crippen molar-refractivity contribution >= 4 is 8.07 Å². The van der Waals surface area contributed by atoms with E-state index in [1.54, 1.807) is 6.20 Å². The fraction of sp³-hybridized carbons (Fsp3) is 0.450. The summed E-state index contributed by atoms with van der Waals surface area (Å²) in [6.45, 7) is 13.8.